The Balaban J connectivity index is 1.22. The molecule has 2 aliphatic rings. The maximum absolute atomic E-state index is 6.18. The minimum atomic E-state index is 0.849. The SMILES string of the molecule is C=C1CCc2cc3c4cc(-c5cc(C)ccc5C)ccc4n(C(/C=C\N)=C/CC)c3c3c2C/C(=C\c2c1n(-c1ccnc(C)c1)c1ccc(-c4cc(C)ccc4C)cc21)CC3. The van der Waals surface area contributed by atoms with Crippen molar-refractivity contribution in [3.05, 3.63) is 184 Å². The lowest BCUT2D eigenvalue weighted by Gasteiger charge is -2.26. The Hall–Kier alpha value is -6.65. The molecule has 0 spiro atoms. The molecule has 2 aliphatic carbocycles. The van der Waals surface area contributed by atoms with Gasteiger partial charge in [-0.1, -0.05) is 90.9 Å². The van der Waals surface area contributed by atoms with Crippen molar-refractivity contribution < 1.29 is 0 Å². The number of aromatic nitrogens is 3. The van der Waals surface area contributed by atoms with Crippen molar-refractivity contribution in [2.75, 3.05) is 0 Å². The lowest BCUT2D eigenvalue weighted by Crippen LogP contribution is -2.13. The number of hydrogen-bond donors (Lipinski definition) is 1. The van der Waals surface area contributed by atoms with Crippen molar-refractivity contribution >= 4 is 50.1 Å². The van der Waals surface area contributed by atoms with Crippen LogP contribution in [0.15, 0.2) is 128 Å². The average molecular weight is 795 g/mol. The Morgan fingerprint density at radius 3 is 2.11 bits per heavy atom. The van der Waals surface area contributed by atoms with E-state index in [2.05, 4.69) is 165 Å². The van der Waals surface area contributed by atoms with Gasteiger partial charge in [0.15, 0.2) is 0 Å². The fourth-order valence-corrected chi connectivity index (χ4v) is 10.4. The third-order valence-corrected chi connectivity index (χ3v) is 13.3. The first-order chi connectivity index (χ1) is 29.6. The molecular weight excluding hydrogens is 741 g/mol. The van der Waals surface area contributed by atoms with Gasteiger partial charge in [-0.15, -0.1) is 0 Å². The van der Waals surface area contributed by atoms with Gasteiger partial charge in [-0.05, 0) is 184 Å². The first-order valence-electron chi connectivity index (χ1n) is 22.0. The summed E-state index contributed by atoms with van der Waals surface area (Å²) in [4.78, 5) is 4.60. The Kier molecular flexibility index (Phi) is 9.55. The molecule has 10 rings (SSSR count). The Labute approximate surface area is 360 Å². The zero-order valence-electron chi connectivity index (χ0n) is 36.4. The molecule has 61 heavy (non-hydrogen) atoms. The van der Waals surface area contributed by atoms with Gasteiger partial charge in [0.25, 0.3) is 0 Å². The molecule has 0 saturated carbocycles. The van der Waals surface area contributed by atoms with E-state index in [1.54, 1.807) is 6.20 Å². The van der Waals surface area contributed by atoms with Crippen LogP contribution in [0.4, 0.5) is 0 Å². The second-order valence-electron chi connectivity index (χ2n) is 17.6. The molecule has 2 N–H and O–H groups in total. The van der Waals surface area contributed by atoms with E-state index >= 15 is 0 Å². The van der Waals surface area contributed by atoms with Crippen molar-refractivity contribution in [1.82, 2.24) is 14.1 Å². The van der Waals surface area contributed by atoms with Crippen LogP contribution in [0.25, 0.3) is 78.0 Å². The van der Waals surface area contributed by atoms with Crippen LogP contribution in [0.1, 0.15) is 82.1 Å². The standard InChI is InChI=1S/C57H54N4/c1-8-9-44(22-24-58)60-54-20-17-42(48-27-35(3)11-13-37(48)5)32-51(54)53-33-43-16-14-38(6)56-52(30-40-15-19-46(57(53)60)49(43)29-40)50-31-41(47-26-34(2)10-12-36(47)4)18-21-55(50)61(56)45-23-25-59-39(7)28-45/h9-13,17-18,20-28,30-33H,6,8,14-16,19,29,58H2,1-5,7H3/b24-22-,40-30-,44-9+. The summed E-state index contributed by atoms with van der Waals surface area (Å²) in [7, 11) is 0. The fourth-order valence-electron chi connectivity index (χ4n) is 10.4. The van der Waals surface area contributed by atoms with E-state index < -0.39 is 0 Å². The van der Waals surface area contributed by atoms with Crippen molar-refractivity contribution in [1.29, 1.82) is 0 Å². The molecule has 3 heterocycles. The molecule has 0 saturated heterocycles. The third-order valence-electron chi connectivity index (χ3n) is 13.3. The number of aryl methyl sites for hydroxylation is 7. The smallest absolute Gasteiger partial charge is 0.0576 e. The molecule has 0 fully saturated rings. The van der Waals surface area contributed by atoms with Crippen molar-refractivity contribution in [3.8, 4) is 27.9 Å². The molecule has 4 nitrogen and oxygen atoms in total. The largest absolute Gasteiger partial charge is 0.405 e. The molecule has 0 unspecified atom stereocenters. The molecular formula is C57H54N4. The van der Waals surface area contributed by atoms with E-state index in [0.717, 1.165) is 61.2 Å². The van der Waals surface area contributed by atoms with Crippen LogP contribution < -0.4 is 5.73 Å². The first-order valence-corrected chi connectivity index (χ1v) is 22.0. The zero-order chi connectivity index (χ0) is 42.1. The lowest BCUT2D eigenvalue weighted by atomic mass is 9.80. The summed E-state index contributed by atoms with van der Waals surface area (Å²) >= 11 is 0. The molecule has 4 heteroatoms. The van der Waals surface area contributed by atoms with Crippen LogP contribution in [0, 0.1) is 34.6 Å². The number of nitrogens with two attached hydrogens (primary N) is 1. The van der Waals surface area contributed by atoms with E-state index in [4.69, 9.17) is 12.3 Å². The van der Waals surface area contributed by atoms with Gasteiger partial charge in [-0.2, -0.15) is 0 Å². The summed E-state index contributed by atoms with van der Waals surface area (Å²) in [6.07, 6.45) is 16.1. The quantitative estimate of drug-likeness (QED) is 0.170. The zero-order valence-corrected chi connectivity index (χ0v) is 36.4. The van der Waals surface area contributed by atoms with Crippen LogP contribution in [0.3, 0.4) is 0 Å². The van der Waals surface area contributed by atoms with Gasteiger partial charge in [-0.25, -0.2) is 0 Å². The second kappa shape index (κ2) is 15.1. The molecule has 3 aromatic heterocycles. The minimum absolute atomic E-state index is 0.849. The molecule has 5 aromatic carbocycles. The highest BCUT2D eigenvalue weighted by Crippen LogP contribution is 2.46. The van der Waals surface area contributed by atoms with Gasteiger partial charge >= 0.3 is 0 Å². The van der Waals surface area contributed by atoms with Gasteiger partial charge in [0, 0.05) is 45.0 Å². The Morgan fingerprint density at radius 2 is 1.43 bits per heavy atom. The lowest BCUT2D eigenvalue weighted by molar-refractivity contribution is 0.826. The number of hydrogen-bond acceptors (Lipinski definition) is 2. The van der Waals surface area contributed by atoms with Crippen LogP contribution in [0.2, 0.25) is 0 Å². The van der Waals surface area contributed by atoms with Crippen molar-refractivity contribution in [2.24, 2.45) is 5.73 Å². The molecule has 0 atom stereocenters. The second-order valence-corrected chi connectivity index (χ2v) is 17.6. The summed E-state index contributed by atoms with van der Waals surface area (Å²) < 4.78 is 4.96. The molecule has 302 valence electrons. The summed E-state index contributed by atoms with van der Waals surface area (Å²) in [6, 6.07) is 34.6. The van der Waals surface area contributed by atoms with Gasteiger partial charge in [0.1, 0.15) is 0 Å². The van der Waals surface area contributed by atoms with Crippen molar-refractivity contribution in [3.63, 3.8) is 0 Å². The topological polar surface area (TPSA) is 48.8 Å². The fraction of sp³-hybridized carbons (Fsp3) is 0.211. The highest BCUT2D eigenvalue weighted by atomic mass is 15.0. The molecule has 0 aliphatic heterocycles. The molecule has 0 radical (unpaired) electrons. The molecule has 0 amide bonds. The molecule has 2 bridgehead atoms. The van der Waals surface area contributed by atoms with Gasteiger partial charge in [-0.3, -0.25) is 4.98 Å². The number of allylic oxidation sites excluding steroid dienone is 5. The summed E-state index contributed by atoms with van der Waals surface area (Å²) in [5.41, 5.74) is 32.9. The number of fused-ring (bicyclic) bond motifs is 8. The monoisotopic (exact) mass is 794 g/mol. The summed E-state index contributed by atoms with van der Waals surface area (Å²) in [5, 5.41) is 3.87. The highest BCUT2D eigenvalue weighted by molar-refractivity contribution is 6.13. The van der Waals surface area contributed by atoms with Gasteiger partial charge in [0.2, 0.25) is 0 Å². The number of nitrogens with zero attached hydrogens (tertiary/aromatic N) is 3. The van der Waals surface area contributed by atoms with Crippen LogP contribution >= 0.6 is 0 Å². The summed E-state index contributed by atoms with van der Waals surface area (Å²) in [5.74, 6) is 0. The maximum Gasteiger partial charge on any atom is 0.0576 e. The van der Waals surface area contributed by atoms with Gasteiger partial charge in [0.05, 0.1) is 22.2 Å². The van der Waals surface area contributed by atoms with Crippen LogP contribution in [-0.2, 0) is 19.3 Å². The van der Waals surface area contributed by atoms with Gasteiger partial charge < -0.3 is 14.9 Å². The number of pyridine rings is 1. The van der Waals surface area contributed by atoms with E-state index in [1.807, 2.05) is 6.20 Å². The van der Waals surface area contributed by atoms with Crippen LogP contribution in [-0.4, -0.2) is 14.1 Å². The first kappa shape index (κ1) is 38.5. The highest BCUT2D eigenvalue weighted by Gasteiger charge is 2.28. The maximum atomic E-state index is 6.18. The average Bonchev–Trinajstić information content (AvgIpc) is 3.76. The van der Waals surface area contributed by atoms with Crippen molar-refractivity contribution in [2.45, 2.75) is 80.1 Å². The summed E-state index contributed by atoms with van der Waals surface area (Å²) in [6.45, 7) is 18.0. The normalized spacial score (nSPS) is 15.2. The van der Waals surface area contributed by atoms with Crippen LogP contribution in [0.5, 0.6) is 0 Å². The molecule has 8 aromatic rings. The number of rotatable bonds is 6. The van der Waals surface area contributed by atoms with E-state index in [1.165, 1.54) is 111 Å². The third kappa shape index (κ3) is 6.48. The minimum Gasteiger partial charge on any atom is -0.405 e. The Bertz CT molecular complexity index is 3230. The van der Waals surface area contributed by atoms with E-state index in [0.29, 0.717) is 0 Å². The predicted molar refractivity (Wildman–Crippen MR) is 260 cm³/mol. The van der Waals surface area contributed by atoms with E-state index in [9.17, 15) is 0 Å². The van der Waals surface area contributed by atoms with E-state index in [-0.39, 0.29) is 0 Å². The Morgan fingerprint density at radius 1 is 0.721 bits per heavy atom. The number of benzene rings is 5. The predicted octanol–water partition coefficient (Wildman–Crippen LogP) is 14.3.